The zero-order valence-corrected chi connectivity index (χ0v) is 18.6. The molecule has 2 aromatic rings. The van der Waals surface area contributed by atoms with E-state index >= 15 is 0 Å². The smallest absolute Gasteiger partial charge is 0.240 e. The topological polar surface area (TPSA) is 69.7 Å². The van der Waals surface area contributed by atoms with Crippen molar-refractivity contribution in [1.82, 2.24) is 4.72 Å². The van der Waals surface area contributed by atoms with Gasteiger partial charge in [-0.05, 0) is 68.5 Å². The Balaban J connectivity index is 1.41. The molecule has 0 aliphatic carbocycles. The number of fused-ring (bicyclic) bond motifs is 2. The highest BCUT2D eigenvalue weighted by Crippen LogP contribution is 2.41. The molecule has 2 heterocycles. The van der Waals surface area contributed by atoms with Gasteiger partial charge in [-0.3, -0.25) is 4.79 Å². The summed E-state index contributed by atoms with van der Waals surface area (Å²) in [6.45, 7) is 5.86. The van der Waals surface area contributed by atoms with Crippen LogP contribution in [0.2, 0.25) is 0 Å². The molecular formula is C23H29N3O3S. The van der Waals surface area contributed by atoms with E-state index in [0.29, 0.717) is 6.54 Å². The lowest BCUT2D eigenvalue weighted by molar-refractivity contribution is -0.121. The van der Waals surface area contributed by atoms with Gasteiger partial charge in [0.05, 0.1) is 10.3 Å². The molecule has 1 N–H and O–H groups in total. The number of likely N-dealkylation sites (N-methyl/N-ethyl adjacent to an activating group) is 1. The average Bonchev–Trinajstić information content (AvgIpc) is 2.91. The molecule has 2 aliphatic rings. The summed E-state index contributed by atoms with van der Waals surface area (Å²) >= 11 is 0. The van der Waals surface area contributed by atoms with Crippen molar-refractivity contribution in [2.75, 3.05) is 36.5 Å². The normalized spacial score (nSPS) is 17.8. The number of rotatable bonds is 6. The van der Waals surface area contributed by atoms with Gasteiger partial charge < -0.3 is 9.80 Å². The minimum Gasteiger partial charge on any atom is -0.371 e. The molecule has 2 aliphatic heterocycles. The van der Waals surface area contributed by atoms with Crippen LogP contribution >= 0.6 is 0 Å². The fourth-order valence-corrected chi connectivity index (χ4v) is 5.62. The van der Waals surface area contributed by atoms with Gasteiger partial charge in [-0.25, -0.2) is 13.1 Å². The van der Waals surface area contributed by atoms with E-state index in [0.717, 1.165) is 43.6 Å². The van der Waals surface area contributed by atoms with Crippen LogP contribution in [0.4, 0.5) is 11.4 Å². The number of carbonyl (C=O) groups excluding carboxylic acids is 1. The van der Waals surface area contributed by atoms with Crippen LogP contribution < -0.4 is 14.5 Å². The molecule has 0 unspecified atom stereocenters. The molecule has 0 spiro atoms. The van der Waals surface area contributed by atoms with E-state index in [1.54, 1.807) is 30.1 Å². The number of sulfonamides is 1. The second kappa shape index (κ2) is 7.71. The molecule has 0 bridgehead atoms. The van der Waals surface area contributed by atoms with E-state index in [1.807, 2.05) is 13.8 Å². The maximum Gasteiger partial charge on any atom is 0.240 e. The van der Waals surface area contributed by atoms with Crippen molar-refractivity contribution in [1.29, 1.82) is 0 Å². The summed E-state index contributed by atoms with van der Waals surface area (Å²) in [7, 11) is -1.91. The lowest BCUT2D eigenvalue weighted by Crippen LogP contribution is -2.33. The molecule has 2 aromatic carbocycles. The maximum absolute atomic E-state index is 12.8. The number of hydrogen-bond donors (Lipinski definition) is 1. The number of anilines is 2. The predicted octanol–water partition coefficient (Wildman–Crippen LogP) is 3.06. The van der Waals surface area contributed by atoms with Crippen LogP contribution in [0.15, 0.2) is 47.4 Å². The SMILES string of the molecule is CN1C(=O)C(C)(C)c2cc(S(=O)(=O)NCCCN3CCCc4ccccc43)ccc21. The molecule has 0 aromatic heterocycles. The largest absolute Gasteiger partial charge is 0.371 e. The van der Waals surface area contributed by atoms with Gasteiger partial charge >= 0.3 is 0 Å². The average molecular weight is 428 g/mol. The van der Waals surface area contributed by atoms with E-state index in [1.165, 1.54) is 11.3 Å². The number of hydrogen-bond acceptors (Lipinski definition) is 4. The van der Waals surface area contributed by atoms with Crippen LogP contribution in [-0.2, 0) is 26.7 Å². The summed E-state index contributed by atoms with van der Waals surface area (Å²) in [5.74, 6) is -0.0261. The summed E-state index contributed by atoms with van der Waals surface area (Å²) < 4.78 is 28.4. The Kier molecular flexibility index (Phi) is 5.36. The van der Waals surface area contributed by atoms with Crippen molar-refractivity contribution in [2.45, 2.75) is 43.4 Å². The first kappa shape index (κ1) is 20.9. The molecule has 160 valence electrons. The van der Waals surface area contributed by atoms with E-state index in [4.69, 9.17) is 0 Å². The molecule has 6 nitrogen and oxygen atoms in total. The minimum atomic E-state index is -3.63. The Labute approximate surface area is 178 Å². The van der Waals surface area contributed by atoms with Crippen molar-refractivity contribution in [2.24, 2.45) is 0 Å². The third-order valence-corrected chi connectivity index (χ3v) is 7.71. The zero-order valence-electron chi connectivity index (χ0n) is 17.8. The van der Waals surface area contributed by atoms with Gasteiger partial charge in [0, 0.05) is 38.1 Å². The van der Waals surface area contributed by atoms with Crippen LogP contribution in [0.25, 0.3) is 0 Å². The summed E-state index contributed by atoms with van der Waals surface area (Å²) in [6.07, 6.45) is 2.96. The first-order valence-corrected chi connectivity index (χ1v) is 12.0. The van der Waals surface area contributed by atoms with Crippen molar-refractivity contribution in [3.63, 3.8) is 0 Å². The maximum atomic E-state index is 12.8. The summed E-state index contributed by atoms with van der Waals surface area (Å²) in [4.78, 5) is 16.6. The van der Waals surface area contributed by atoms with Gasteiger partial charge in [0.15, 0.2) is 0 Å². The number of nitrogens with zero attached hydrogens (tertiary/aromatic N) is 2. The Bertz CT molecular complexity index is 1080. The van der Waals surface area contributed by atoms with E-state index < -0.39 is 15.4 Å². The second-order valence-electron chi connectivity index (χ2n) is 8.64. The molecule has 0 radical (unpaired) electrons. The Morgan fingerprint density at radius 2 is 1.87 bits per heavy atom. The molecule has 0 saturated heterocycles. The Morgan fingerprint density at radius 3 is 2.67 bits per heavy atom. The van der Waals surface area contributed by atoms with Crippen LogP contribution in [0, 0.1) is 0 Å². The first-order valence-electron chi connectivity index (χ1n) is 10.5. The summed E-state index contributed by atoms with van der Waals surface area (Å²) in [6, 6.07) is 13.4. The molecular weight excluding hydrogens is 398 g/mol. The molecule has 30 heavy (non-hydrogen) atoms. The van der Waals surface area contributed by atoms with Crippen molar-refractivity contribution in [3.05, 3.63) is 53.6 Å². The number of aryl methyl sites for hydroxylation is 1. The van der Waals surface area contributed by atoms with E-state index in [2.05, 4.69) is 33.9 Å². The molecule has 0 saturated carbocycles. The Hall–Kier alpha value is -2.38. The van der Waals surface area contributed by atoms with E-state index in [-0.39, 0.29) is 10.8 Å². The van der Waals surface area contributed by atoms with Gasteiger partial charge in [0.1, 0.15) is 0 Å². The first-order chi connectivity index (χ1) is 14.2. The summed E-state index contributed by atoms with van der Waals surface area (Å²) in [5.41, 5.74) is 3.43. The number of para-hydroxylation sites is 1. The minimum absolute atomic E-state index is 0.0261. The molecule has 0 fully saturated rings. The zero-order chi connectivity index (χ0) is 21.5. The molecule has 4 rings (SSSR count). The van der Waals surface area contributed by atoms with Gasteiger partial charge in [0.25, 0.3) is 0 Å². The fourth-order valence-electron chi connectivity index (χ4n) is 4.52. The number of amides is 1. The van der Waals surface area contributed by atoms with Crippen molar-refractivity contribution < 1.29 is 13.2 Å². The predicted molar refractivity (Wildman–Crippen MR) is 120 cm³/mol. The van der Waals surface area contributed by atoms with E-state index in [9.17, 15) is 13.2 Å². The van der Waals surface area contributed by atoms with Crippen LogP contribution in [-0.4, -0.2) is 41.0 Å². The lowest BCUT2D eigenvalue weighted by atomic mass is 9.86. The third kappa shape index (κ3) is 3.61. The van der Waals surface area contributed by atoms with Crippen LogP contribution in [0.3, 0.4) is 0 Å². The molecule has 1 amide bonds. The summed E-state index contributed by atoms with van der Waals surface area (Å²) in [5, 5.41) is 0. The number of benzene rings is 2. The standard InChI is InChI=1S/C23H29N3O3S/c1-23(2)19-16-18(11-12-21(19)25(3)22(23)27)30(28,29)24-13-7-15-26-14-6-9-17-8-4-5-10-20(17)26/h4-5,8,10-12,16,24H,6-7,9,13-15H2,1-3H3. The third-order valence-electron chi connectivity index (χ3n) is 6.26. The number of nitrogens with one attached hydrogen (secondary N) is 1. The fraction of sp³-hybridized carbons (Fsp3) is 0.435. The number of carbonyl (C=O) groups is 1. The molecule has 7 heteroatoms. The quantitative estimate of drug-likeness (QED) is 0.720. The molecule has 0 atom stereocenters. The van der Waals surface area contributed by atoms with Crippen molar-refractivity contribution in [3.8, 4) is 0 Å². The highest BCUT2D eigenvalue weighted by Gasteiger charge is 2.42. The highest BCUT2D eigenvalue weighted by atomic mass is 32.2. The second-order valence-corrected chi connectivity index (χ2v) is 10.4. The van der Waals surface area contributed by atoms with Crippen molar-refractivity contribution >= 4 is 27.3 Å². The highest BCUT2D eigenvalue weighted by molar-refractivity contribution is 7.89. The van der Waals surface area contributed by atoms with Gasteiger partial charge in [-0.1, -0.05) is 18.2 Å². The monoisotopic (exact) mass is 427 g/mol. The van der Waals surface area contributed by atoms with Crippen LogP contribution in [0.1, 0.15) is 37.8 Å². The van der Waals surface area contributed by atoms with Crippen LogP contribution in [0.5, 0.6) is 0 Å². The lowest BCUT2D eigenvalue weighted by Gasteiger charge is -2.31. The van der Waals surface area contributed by atoms with Gasteiger partial charge in [0.2, 0.25) is 15.9 Å². The Morgan fingerprint density at radius 1 is 1.10 bits per heavy atom. The van der Waals surface area contributed by atoms with Gasteiger partial charge in [-0.15, -0.1) is 0 Å². The van der Waals surface area contributed by atoms with Gasteiger partial charge in [-0.2, -0.15) is 0 Å².